The number of carbonyl (C=O) groups is 2. The Balaban J connectivity index is 2.53. The summed E-state index contributed by atoms with van der Waals surface area (Å²) < 4.78 is 15.1. The minimum atomic E-state index is -0.943. The highest BCUT2D eigenvalue weighted by atomic mass is 16.6. The van der Waals surface area contributed by atoms with Crippen LogP contribution in [0.1, 0.15) is 20.8 Å². The largest absolute Gasteiger partial charge is 0.490 e. The van der Waals surface area contributed by atoms with Gasteiger partial charge in [-0.2, -0.15) is 0 Å². The minimum absolute atomic E-state index is 0.0114. The maximum atomic E-state index is 11.7. The van der Waals surface area contributed by atoms with E-state index in [2.05, 4.69) is 5.32 Å². The van der Waals surface area contributed by atoms with E-state index in [0.29, 0.717) is 6.54 Å². The molecule has 0 aliphatic carbocycles. The zero-order chi connectivity index (χ0) is 19.0. The van der Waals surface area contributed by atoms with E-state index in [1.54, 1.807) is 0 Å². The van der Waals surface area contributed by atoms with Crippen molar-refractivity contribution in [1.29, 1.82) is 0 Å². The van der Waals surface area contributed by atoms with Gasteiger partial charge in [0.1, 0.15) is 5.75 Å². The summed E-state index contributed by atoms with van der Waals surface area (Å²) in [6.07, 6.45) is -0.943. The molecule has 0 saturated carbocycles. The van der Waals surface area contributed by atoms with Crippen LogP contribution in [0.4, 0.5) is 5.69 Å². The van der Waals surface area contributed by atoms with Crippen molar-refractivity contribution in [2.45, 2.75) is 26.9 Å². The maximum Gasteiger partial charge on any atom is 0.344 e. The standard InChI is InChI=1S/C16H22N2O7/c1-10(2)8-17-16(20)11(3)25-15(19)9-24-12-5-6-13(18(21)22)14(7-12)23-4/h5-7,10-11H,8-9H2,1-4H3,(H,17,20). The molecule has 0 fully saturated rings. The molecule has 0 aliphatic rings. The van der Waals surface area contributed by atoms with Gasteiger partial charge in [-0.05, 0) is 18.9 Å². The molecular weight excluding hydrogens is 332 g/mol. The van der Waals surface area contributed by atoms with E-state index in [-0.39, 0.29) is 29.0 Å². The first-order chi connectivity index (χ1) is 11.7. The molecule has 0 heterocycles. The van der Waals surface area contributed by atoms with E-state index in [9.17, 15) is 19.7 Å². The second kappa shape index (κ2) is 9.45. The summed E-state index contributed by atoms with van der Waals surface area (Å²) >= 11 is 0. The molecule has 0 aromatic heterocycles. The first-order valence-corrected chi connectivity index (χ1v) is 7.67. The van der Waals surface area contributed by atoms with Gasteiger partial charge in [0.15, 0.2) is 12.7 Å². The zero-order valence-corrected chi connectivity index (χ0v) is 14.6. The van der Waals surface area contributed by atoms with Crippen molar-refractivity contribution >= 4 is 17.6 Å². The number of hydrogen-bond acceptors (Lipinski definition) is 7. The summed E-state index contributed by atoms with van der Waals surface area (Å²) in [4.78, 5) is 33.7. The van der Waals surface area contributed by atoms with Crippen LogP contribution in [0.3, 0.4) is 0 Å². The average molecular weight is 354 g/mol. The van der Waals surface area contributed by atoms with Crippen molar-refractivity contribution in [1.82, 2.24) is 5.32 Å². The lowest BCUT2D eigenvalue weighted by molar-refractivity contribution is -0.385. The topological polar surface area (TPSA) is 117 Å². The number of hydrogen-bond donors (Lipinski definition) is 1. The van der Waals surface area contributed by atoms with Crippen LogP contribution in [0.25, 0.3) is 0 Å². The first kappa shape index (κ1) is 20.2. The molecule has 0 saturated heterocycles. The highest BCUT2D eigenvalue weighted by Gasteiger charge is 2.19. The normalized spacial score (nSPS) is 11.6. The van der Waals surface area contributed by atoms with Gasteiger partial charge in [0.2, 0.25) is 5.75 Å². The molecule has 9 nitrogen and oxygen atoms in total. The summed E-state index contributed by atoms with van der Waals surface area (Å²) in [7, 11) is 1.29. The van der Waals surface area contributed by atoms with Crippen LogP contribution in [0, 0.1) is 16.0 Å². The number of nitro groups is 1. The van der Waals surface area contributed by atoms with Crippen LogP contribution in [0.15, 0.2) is 18.2 Å². The molecule has 0 aliphatic heterocycles. The van der Waals surface area contributed by atoms with Gasteiger partial charge < -0.3 is 19.5 Å². The molecule has 0 spiro atoms. The fraction of sp³-hybridized carbons (Fsp3) is 0.500. The summed E-state index contributed by atoms with van der Waals surface area (Å²) in [5, 5.41) is 13.5. The van der Waals surface area contributed by atoms with Crippen LogP contribution < -0.4 is 14.8 Å². The monoisotopic (exact) mass is 354 g/mol. The predicted molar refractivity (Wildman–Crippen MR) is 88.5 cm³/mol. The Morgan fingerprint density at radius 3 is 2.52 bits per heavy atom. The van der Waals surface area contributed by atoms with Crippen LogP contribution in [-0.4, -0.2) is 43.2 Å². The summed E-state index contributed by atoms with van der Waals surface area (Å²) in [6.45, 7) is 5.40. The number of rotatable bonds is 9. The lowest BCUT2D eigenvalue weighted by atomic mass is 10.2. The number of methoxy groups -OCH3 is 1. The highest BCUT2D eigenvalue weighted by molar-refractivity contribution is 5.83. The van der Waals surface area contributed by atoms with Gasteiger partial charge in [-0.15, -0.1) is 0 Å². The Morgan fingerprint density at radius 2 is 1.96 bits per heavy atom. The van der Waals surface area contributed by atoms with Gasteiger partial charge in [0, 0.05) is 18.7 Å². The smallest absolute Gasteiger partial charge is 0.344 e. The fourth-order valence-electron chi connectivity index (χ4n) is 1.77. The molecular formula is C16H22N2O7. The fourth-order valence-corrected chi connectivity index (χ4v) is 1.77. The van der Waals surface area contributed by atoms with E-state index < -0.39 is 23.6 Å². The molecule has 1 unspecified atom stereocenters. The number of amides is 1. The molecule has 9 heteroatoms. The number of nitrogens with zero attached hydrogens (tertiary/aromatic N) is 1. The van der Waals surface area contributed by atoms with Crippen molar-refractivity contribution < 1.29 is 28.7 Å². The van der Waals surface area contributed by atoms with Gasteiger partial charge in [0.05, 0.1) is 12.0 Å². The molecule has 1 aromatic rings. The van der Waals surface area contributed by atoms with Gasteiger partial charge >= 0.3 is 11.7 Å². The van der Waals surface area contributed by atoms with E-state index in [1.165, 1.54) is 32.2 Å². The lowest BCUT2D eigenvalue weighted by Crippen LogP contribution is -2.38. The SMILES string of the molecule is COc1cc(OCC(=O)OC(C)C(=O)NCC(C)C)ccc1[N+](=O)[O-]. The number of esters is 1. The Morgan fingerprint density at radius 1 is 1.28 bits per heavy atom. The third-order valence-corrected chi connectivity index (χ3v) is 3.07. The van der Waals surface area contributed by atoms with E-state index in [4.69, 9.17) is 14.2 Å². The Labute approximate surface area is 145 Å². The van der Waals surface area contributed by atoms with E-state index in [0.717, 1.165) is 0 Å². The van der Waals surface area contributed by atoms with Crippen molar-refractivity contribution in [3.63, 3.8) is 0 Å². The van der Waals surface area contributed by atoms with E-state index >= 15 is 0 Å². The summed E-state index contributed by atoms with van der Waals surface area (Å²) in [6, 6.07) is 3.85. The molecule has 25 heavy (non-hydrogen) atoms. The third-order valence-electron chi connectivity index (χ3n) is 3.07. The molecule has 1 aromatic carbocycles. The highest BCUT2D eigenvalue weighted by Crippen LogP contribution is 2.30. The van der Waals surface area contributed by atoms with Crippen molar-refractivity contribution in [3.05, 3.63) is 28.3 Å². The second-order valence-electron chi connectivity index (χ2n) is 5.65. The van der Waals surface area contributed by atoms with Crippen molar-refractivity contribution in [2.24, 2.45) is 5.92 Å². The van der Waals surface area contributed by atoms with Gasteiger partial charge in [-0.1, -0.05) is 13.8 Å². The van der Waals surface area contributed by atoms with Crippen LogP contribution in [0.2, 0.25) is 0 Å². The predicted octanol–water partition coefficient (Wildman–Crippen LogP) is 1.69. The Bertz CT molecular complexity index is 631. The molecule has 1 rings (SSSR count). The summed E-state index contributed by atoms with van der Waals surface area (Å²) in [5.41, 5.74) is -0.215. The van der Waals surface area contributed by atoms with Gasteiger partial charge in [-0.25, -0.2) is 4.79 Å². The molecule has 1 N–H and O–H groups in total. The molecule has 0 bridgehead atoms. The molecule has 1 atom stereocenters. The summed E-state index contributed by atoms with van der Waals surface area (Å²) in [5.74, 6) is -0.621. The second-order valence-corrected chi connectivity index (χ2v) is 5.65. The third kappa shape index (κ3) is 6.66. The number of benzene rings is 1. The van der Waals surface area contributed by atoms with Crippen LogP contribution in [0.5, 0.6) is 11.5 Å². The quantitative estimate of drug-likeness (QED) is 0.407. The van der Waals surface area contributed by atoms with Gasteiger partial charge in [-0.3, -0.25) is 14.9 Å². The molecule has 1 amide bonds. The zero-order valence-electron chi connectivity index (χ0n) is 14.6. The minimum Gasteiger partial charge on any atom is -0.490 e. The van der Waals surface area contributed by atoms with Crippen LogP contribution >= 0.6 is 0 Å². The Hall–Kier alpha value is -2.84. The lowest BCUT2D eigenvalue weighted by Gasteiger charge is -2.15. The van der Waals surface area contributed by atoms with Crippen molar-refractivity contribution in [2.75, 3.05) is 20.3 Å². The number of nitro benzene ring substituents is 1. The van der Waals surface area contributed by atoms with E-state index in [1.807, 2.05) is 13.8 Å². The number of ether oxygens (including phenoxy) is 3. The van der Waals surface area contributed by atoms with Crippen LogP contribution in [-0.2, 0) is 14.3 Å². The van der Waals surface area contributed by atoms with Crippen molar-refractivity contribution in [3.8, 4) is 11.5 Å². The Kier molecular flexibility index (Phi) is 7.64. The number of nitrogens with one attached hydrogen (secondary N) is 1. The maximum absolute atomic E-state index is 11.7. The number of carbonyl (C=O) groups excluding carboxylic acids is 2. The molecule has 0 radical (unpaired) electrons. The molecule has 138 valence electrons. The first-order valence-electron chi connectivity index (χ1n) is 7.67. The van der Waals surface area contributed by atoms with Gasteiger partial charge in [0.25, 0.3) is 5.91 Å². The average Bonchev–Trinajstić information content (AvgIpc) is 2.57.